The Morgan fingerprint density at radius 2 is 1.91 bits per heavy atom. The standard InChI is InChI=1S/C23H20F2N4O4/c1-31-19-8-6-14(10-20(19)32-2)22-27-23(33-28-22)18-4-3-9-29(18)13-21(30)26-12-15-5-7-16(24)11-17(15)25/h3-11H,12-13H2,1-2H3,(H,26,30). The highest BCUT2D eigenvalue weighted by atomic mass is 19.1. The number of aromatic nitrogens is 3. The normalized spacial score (nSPS) is 10.8. The minimum absolute atomic E-state index is 0.0563. The SMILES string of the molecule is COc1ccc(-c2noc(-c3cccn3CC(=O)NCc3ccc(F)cc3F)n2)cc1OC. The molecule has 4 rings (SSSR count). The first-order valence-corrected chi connectivity index (χ1v) is 9.90. The summed E-state index contributed by atoms with van der Waals surface area (Å²) in [5, 5.41) is 6.63. The number of ether oxygens (including phenoxy) is 2. The van der Waals surface area contributed by atoms with E-state index in [9.17, 15) is 13.6 Å². The number of hydrogen-bond donors (Lipinski definition) is 1. The molecule has 2 aromatic carbocycles. The van der Waals surface area contributed by atoms with E-state index in [4.69, 9.17) is 14.0 Å². The van der Waals surface area contributed by atoms with E-state index in [0.717, 1.165) is 12.1 Å². The fourth-order valence-electron chi connectivity index (χ4n) is 3.24. The number of methoxy groups -OCH3 is 2. The number of amides is 1. The molecule has 8 nitrogen and oxygen atoms in total. The molecule has 0 aliphatic rings. The minimum atomic E-state index is -0.717. The highest BCUT2D eigenvalue weighted by Gasteiger charge is 2.17. The summed E-state index contributed by atoms with van der Waals surface area (Å²) >= 11 is 0. The maximum absolute atomic E-state index is 13.8. The summed E-state index contributed by atoms with van der Waals surface area (Å²) < 4.78 is 44.4. The number of carbonyl (C=O) groups excluding carboxylic acids is 1. The van der Waals surface area contributed by atoms with Crippen molar-refractivity contribution in [2.75, 3.05) is 14.2 Å². The number of nitrogens with one attached hydrogen (secondary N) is 1. The van der Waals surface area contributed by atoms with Gasteiger partial charge in [0.1, 0.15) is 23.9 Å². The molecule has 0 bridgehead atoms. The molecule has 0 saturated heterocycles. The average Bonchev–Trinajstić information content (AvgIpc) is 3.47. The first-order valence-electron chi connectivity index (χ1n) is 9.90. The molecule has 0 fully saturated rings. The van der Waals surface area contributed by atoms with Crippen molar-refractivity contribution >= 4 is 5.91 Å². The van der Waals surface area contributed by atoms with Gasteiger partial charge in [-0.1, -0.05) is 11.2 Å². The summed E-state index contributed by atoms with van der Waals surface area (Å²) in [5.74, 6) is -0.0886. The van der Waals surface area contributed by atoms with E-state index in [1.54, 1.807) is 48.2 Å². The molecule has 0 spiro atoms. The molecule has 0 aliphatic heterocycles. The van der Waals surface area contributed by atoms with Crippen LogP contribution in [-0.4, -0.2) is 34.8 Å². The van der Waals surface area contributed by atoms with Crippen LogP contribution < -0.4 is 14.8 Å². The Kier molecular flexibility index (Phi) is 6.34. The van der Waals surface area contributed by atoms with E-state index in [0.29, 0.717) is 28.6 Å². The predicted octanol–water partition coefficient (Wildman–Crippen LogP) is 3.82. The van der Waals surface area contributed by atoms with Crippen LogP contribution in [0.1, 0.15) is 5.56 Å². The molecule has 33 heavy (non-hydrogen) atoms. The molecule has 0 atom stereocenters. The summed E-state index contributed by atoms with van der Waals surface area (Å²) in [6, 6.07) is 11.9. The van der Waals surface area contributed by atoms with Gasteiger partial charge >= 0.3 is 0 Å². The average molecular weight is 454 g/mol. The first-order chi connectivity index (χ1) is 16.0. The van der Waals surface area contributed by atoms with Crippen molar-refractivity contribution in [3.05, 3.63) is 71.9 Å². The lowest BCUT2D eigenvalue weighted by Crippen LogP contribution is -2.27. The molecule has 0 unspecified atom stereocenters. The monoisotopic (exact) mass is 454 g/mol. The van der Waals surface area contributed by atoms with Gasteiger partial charge in [-0.25, -0.2) is 8.78 Å². The van der Waals surface area contributed by atoms with E-state index < -0.39 is 11.6 Å². The van der Waals surface area contributed by atoms with Crippen molar-refractivity contribution in [2.24, 2.45) is 0 Å². The second-order valence-corrected chi connectivity index (χ2v) is 7.03. The zero-order valence-electron chi connectivity index (χ0n) is 17.8. The molecule has 2 aromatic heterocycles. The molecule has 0 radical (unpaired) electrons. The van der Waals surface area contributed by atoms with E-state index in [2.05, 4.69) is 15.5 Å². The second kappa shape index (κ2) is 9.51. The fourth-order valence-corrected chi connectivity index (χ4v) is 3.24. The van der Waals surface area contributed by atoms with Crippen LogP contribution >= 0.6 is 0 Å². The van der Waals surface area contributed by atoms with Crippen LogP contribution in [0, 0.1) is 11.6 Å². The number of hydrogen-bond acceptors (Lipinski definition) is 6. The first kappa shape index (κ1) is 22.0. The van der Waals surface area contributed by atoms with Crippen molar-refractivity contribution in [3.63, 3.8) is 0 Å². The van der Waals surface area contributed by atoms with Crippen LogP contribution in [-0.2, 0) is 17.9 Å². The largest absolute Gasteiger partial charge is 0.493 e. The molecule has 1 N–H and O–H groups in total. The van der Waals surface area contributed by atoms with E-state index in [1.807, 2.05) is 0 Å². The summed E-state index contributed by atoms with van der Waals surface area (Å²) in [6.45, 7) is -0.120. The smallest absolute Gasteiger partial charge is 0.274 e. The molecule has 0 aliphatic carbocycles. The molecular weight excluding hydrogens is 434 g/mol. The van der Waals surface area contributed by atoms with Crippen LogP contribution in [0.25, 0.3) is 23.0 Å². The summed E-state index contributed by atoms with van der Waals surface area (Å²) in [5.41, 5.74) is 1.39. The van der Waals surface area contributed by atoms with Crippen molar-refractivity contribution in [2.45, 2.75) is 13.1 Å². The van der Waals surface area contributed by atoms with E-state index >= 15 is 0 Å². The van der Waals surface area contributed by atoms with Crippen LogP contribution in [0.4, 0.5) is 8.78 Å². The summed E-state index contributed by atoms with van der Waals surface area (Å²) in [4.78, 5) is 16.8. The van der Waals surface area contributed by atoms with Gasteiger partial charge in [0.05, 0.1) is 14.2 Å². The van der Waals surface area contributed by atoms with E-state index in [1.165, 1.54) is 13.2 Å². The zero-order valence-corrected chi connectivity index (χ0v) is 17.8. The molecule has 4 aromatic rings. The lowest BCUT2D eigenvalue weighted by Gasteiger charge is -2.09. The van der Waals surface area contributed by atoms with Gasteiger partial charge in [-0.05, 0) is 36.4 Å². The minimum Gasteiger partial charge on any atom is -0.493 e. The molecule has 2 heterocycles. The number of rotatable bonds is 8. The van der Waals surface area contributed by atoms with Gasteiger partial charge in [-0.3, -0.25) is 4.79 Å². The van der Waals surface area contributed by atoms with Crippen molar-refractivity contribution in [1.82, 2.24) is 20.0 Å². The van der Waals surface area contributed by atoms with Gasteiger partial charge in [-0.2, -0.15) is 4.98 Å². The highest BCUT2D eigenvalue weighted by molar-refractivity contribution is 5.76. The van der Waals surface area contributed by atoms with Crippen molar-refractivity contribution in [3.8, 4) is 34.5 Å². The zero-order chi connectivity index (χ0) is 23.4. The Balaban J connectivity index is 1.46. The van der Waals surface area contributed by atoms with Crippen LogP contribution in [0.2, 0.25) is 0 Å². The third-order valence-electron chi connectivity index (χ3n) is 4.92. The number of nitrogens with zero attached hydrogens (tertiary/aromatic N) is 3. The van der Waals surface area contributed by atoms with Crippen LogP contribution in [0.15, 0.2) is 59.3 Å². The second-order valence-electron chi connectivity index (χ2n) is 7.03. The molecule has 0 saturated carbocycles. The molecular formula is C23H20F2N4O4. The summed E-state index contributed by atoms with van der Waals surface area (Å²) in [6.07, 6.45) is 1.69. The number of benzene rings is 2. The van der Waals surface area contributed by atoms with Gasteiger partial charge in [0.25, 0.3) is 5.89 Å². The van der Waals surface area contributed by atoms with Crippen LogP contribution in [0.5, 0.6) is 11.5 Å². The Labute approximate surface area is 187 Å². The van der Waals surface area contributed by atoms with E-state index in [-0.39, 0.29) is 30.5 Å². The van der Waals surface area contributed by atoms with Crippen molar-refractivity contribution in [1.29, 1.82) is 0 Å². The maximum Gasteiger partial charge on any atom is 0.274 e. The quantitative estimate of drug-likeness (QED) is 0.435. The predicted molar refractivity (Wildman–Crippen MR) is 114 cm³/mol. The third-order valence-corrected chi connectivity index (χ3v) is 4.92. The molecule has 10 heteroatoms. The van der Waals surface area contributed by atoms with Gasteiger partial charge in [0, 0.05) is 29.9 Å². The topological polar surface area (TPSA) is 91.4 Å². The Morgan fingerprint density at radius 3 is 2.67 bits per heavy atom. The molecule has 170 valence electrons. The maximum atomic E-state index is 13.8. The Morgan fingerprint density at radius 1 is 1.09 bits per heavy atom. The number of halogens is 2. The van der Waals surface area contributed by atoms with Crippen molar-refractivity contribution < 1.29 is 27.6 Å². The highest BCUT2D eigenvalue weighted by Crippen LogP contribution is 2.32. The lowest BCUT2D eigenvalue weighted by atomic mass is 10.2. The Hall–Kier alpha value is -4.21. The third kappa shape index (κ3) is 4.84. The number of carbonyl (C=O) groups is 1. The van der Waals surface area contributed by atoms with Gasteiger partial charge in [0.2, 0.25) is 11.7 Å². The van der Waals surface area contributed by atoms with Gasteiger partial charge in [-0.15, -0.1) is 0 Å². The van der Waals surface area contributed by atoms with Gasteiger partial charge < -0.3 is 23.9 Å². The lowest BCUT2D eigenvalue weighted by molar-refractivity contribution is -0.121. The van der Waals surface area contributed by atoms with Crippen LogP contribution in [0.3, 0.4) is 0 Å². The Bertz CT molecular complexity index is 1290. The molecule has 1 amide bonds. The summed E-state index contributed by atoms with van der Waals surface area (Å²) in [7, 11) is 3.08. The fraction of sp³-hybridized carbons (Fsp3) is 0.174. The van der Waals surface area contributed by atoms with Gasteiger partial charge in [0.15, 0.2) is 11.5 Å².